The molecule has 6 heteroatoms. The Morgan fingerprint density at radius 3 is 2.87 bits per heavy atom. The summed E-state index contributed by atoms with van der Waals surface area (Å²) >= 11 is 4.74. The molecule has 0 fully saturated rings. The molecule has 0 atom stereocenters. The number of H-pyrrole nitrogens is 1. The molecule has 0 bridgehead atoms. The summed E-state index contributed by atoms with van der Waals surface area (Å²) in [5.74, 6) is -0.325. The fourth-order valence-electron chi connectivity index (χ4n) is 2.78. The summed E-state index contributed by atoms with van der Waals surface area (Å²) in [4.78, 5) is 15.9. The van der Waals surface area contributed by atoms with Gasteiger partial charge in [-0.1, -0.05) is 6.07 Å². The molecule has 0 saturated heterocycles. The Morgan fingerprint density at radius 1 is 1.39 bits per heavy atom. The van der Waals surface area contributed by atoms with Gasteiger partial charge in [0.15, 0.2) is 0 Å². The second-order valence-corrected chi connectivity index (χ2v) is 7.30. The number of rotatable bonds is 4. The second-order valence-electron chi connectivity index (χ2n) is 5.48. The van der Waals surface area contributed by atoms with Crippen molar-refractivity contribution in [3.8, 4) is 0 Å². The highest BCUT2D eigenvalue weighted by molar-refractivity contribution is 9.10. The van der Waals surface area contributed by atoms with Crippen molar-refractivity contribution in [1.29, 1.82) is 0 Å². The monoisotopic (exact) mass is 394 g/mol. The number of carbonyl (C=O) groups excluding carboxylic acids is 1. The van der Waals surface area contributed by atoms with Crippen LogP contribution in [0.2, 0.25) is 0 Å². The van der Waals surface area contributed by atoms with Crippen LogP contribution in [0.3, 0.4) is 0 Å². The quantitative estimate of drug-likeness (QED) is 0.660. The van der Waals surface area contributed by atoms with Crippen LogP contribution in [-0.2, 0) is 6.42 Å². The molecule has 0 saturated carbocycles. The summed E-state index contributed by atoms with van der Waals surface area (Å²) in [5, 5.41) is 5.73. The van der Waals surface area contributed by atoms with E-state index in [9.17, 15) is 9.18 Å². The van der Waals surface area contributed by atoms with E-state index in [0.29, 0.717) is 23.4 Å². The van der Waals surface area contributed by atoms with Crippen LogP contribution in [-0.4, -0.2) is 17.4 Å². The number of aromatic amines is 1. The minimum absolute atomic E-state index is 0.0823. The van der Waals surface area contributed by atoms with Gasteiger partial charge < -0.3 is 10.3 Å². The van der Waals surface area contributed by atoms with Gasteiger partial charge in [-0.15, -0.1) is 11.3 Å². The maximum absolute atomic E-state index is 13.9. The lowest BCUT2D eigenvalue weighted by molar-refractivity contribution is 0.0958. The Balaban J connectivity index is 1.76. The van der Waals surface area contributed by atoms with Crippen molar-refractivity contribution in [2.24, 2.45) is 0 Å². The van der Waals surface area contributed by atoms with E-state index in [2.05, 4.69) is 26.2 Å². The van der Waals surface area contributed by atoms with E-state index in [-0.39, 0.29) is 11.7 Å². The SMILES string of the molecule is Cc1[nH]c2c(F)ccc(C)c2c1CCNC(=O)c1cc(Br)cs1. The number of amides is 1. The average Bonchev–Trinajstić information content (AvgIpc) is 3.08. The van der Waals surface area contributed by atoms with Gasteiger partial charge in [0.2, 0.25) is 0 Å². The summed E-state index contributed by atoms with van der Waals surface area (Å²) in [6.07, 6.45) is 0.661. The molecule has 3 rings (SSSR count). The molecule has 1 aromatic carbocycles. The Hall–Kier alpha value is -1.66. The number of thiophene rings is 1. The molecule has 2 N–H and O–H groups in total. The summed E-state index contributed by atoms with van der Waals surface area (Å²) in [5.41, 5.74) is 3.59. The van der Waals surface area contributed by atoms with Gasteiger partial charge in [-0.2, -0.15) is 0 Å². The van der Waals surface area contributed by atoms with E-state index in [4.69, 9.17) is 0 Å². The van der Waals surface area contributed by atoms with Crippen LogP contribution in [0.5, 0.6) is 0 Å². The molecule has 0 unspecified atom stereocenters. The molecular weight excluding hydrogens is 379 g/mol. The van der Waals surface area contributed by atoms with Crippen molar-refractivity contribution in [3.63, 3.8) is 0 Å². The van der Waals surface area contributed by atoms with Crippen molar-refractivity contribution in [1.82, 2.24) is 10.3 Å². The predicted octanol–water partition coefficient (Wildman–Crippen LogP) is 4.72. The van der Waals surface area contributed by atoms with Crippen molar-refractivity contribution in [2.75, 3.05) is 6.54 Å². The maximum atomic E-state index is 13.9. The van der Waals surface area contributed by atoms with Crippen LogP contribution in [0, 0.1) is 19.7 Å². The number of hydrogen-bond donors (Lipinski definition) is 2. The number of aryl methyl sites for hydroxylation is 2. The highest BCUT2D eigenvalue weighted by Crippen LogP contribution is 2.28. The lowest BCUT2D eigenvalue weighted by Gasteiger charge is -2.06. The molecule has 2 aromatic heterocycles. The molecule has 2 heterocycles. The number of aromatic nitrogens is 1. The van der Waals surface area contributed by atoms with Gasteiger partial charge in [0, 0.05) is 27.5 Å². The zero-order chi connectivity index (χ0) is 16.6. The highest BCUT2D eigenvalue weighted by Gasteiger charge is 2.14. The van der Waals surface area contributed by atoms with E-state index >= 15 is 0 Å². The number of carbonyl (C=O) groups is 1. The normalized spacial score (nSPS) is 11.1. The second kappa shape index (κ2) is 6.45. The Bertz CT molecular complexity index is 884. The van der Waals surface area contributed by atoms with E-state index in [0.717, 1.165) is 26.7 Å². The zero-order valence-corrected chi connectivity index (χ0v) is 15.2. The number of fused-ring (bicyclic) bond motifs is 1. The molecule has 0 aliphatic heterocycles. The average molecular weight is 395 g/mol. The summed E-state index contributed by atoms with van der Waals surface area (Å²) in [6, 6.07) is 5.07. The zero-order valence-electron chi connectivity index (χ0n) is 12.8. The first-order valence-electron chi connectivity index (χ1n) is 7.26. The molecule has 0 radical (unpaired) electrons. The van der Waals surface area contributed by atoms with Gasteiger partial charge in [0.25, 0.3) is 5.91 Å². The molecule has 120 valence electrons. The van der Waals surface area contributed by atoms with Crippen molar-refractivity contribution in [3.05, 3.63) is 55.6 Å². The first-order chi connectivity index (χ1) is 11.0. The molecule has 1 amide bonds. The van der Waals surface area contributed by atoms with Crippen LogP contribution in [0.1, 0.15) is 26.5 Å². The van der Waals surface area contributed by atoms with Crippen LogP contribution in [0.25, 0.3) is 10.9 Å². The smallest absolute Gasteiger partial charge is 0.261 e. The largest absolute Gasteiger partial charge is 0.356 e. The van der Waals surface area contributed by atoms with Gasteiger partial charge in [0.05, 0.1) is 10.4 Å². The first-order valence-corrected chi connectivity index (χ1v) is 8.93. The Morgan fingerprint density at radius 2 is 2.17 bits per heavy atom. The Labute approximate surface area is 146 Å². The van der Waals surface area contributed by atoms with Crippen molar-refractivity contribution < 1.29 is 9.18 Å². The van der Waals surface area contributed by atoms with Crippen molar-refractivity contribution >= 4 is 44.1 Å². The molecule has 0 aliphatic carbocycles. The third kappa shape index (κ3) is 3.19. The predicted molar refractivity (Wildman–Crippen MR) is 95.8 cm³/mol. The fourth-order valence-corrected chi connectivity index (χ4v) is 4.12. The number of halogens is 2. The third-order valence-electron chi connectivity index (χ3n) is 3.88. The Kier molecular flexibility index (Phi) is 4.55. The van der Waals surface area contributed by atoms with Crippen LogP contribution in [0.4, 0.5) is 4.39 Å². The van der Waals surface area contributed by atoms with E-state index < -0.39 is 0 Å². The van der Waals surface area contributed by atoms with Gasteiger partial charge in [-0.25, -0.2) is 4.39 Å². The van der Waals surface area contributed by atoms with E-state index in [1.54, 1.807) is 12.1 Å². The number of nitrogens with one attached hydrogen (secondary N) is 2. The van der Waals surface area contributed by atoms with Crippen LogP contribution in [0.15, 0.2) is 28.1 Å². The van der Waals surface area contributed by atoms with Crippen molar-refractivity contribution in [2.45, 2.75) is 20.3 Å². The van der Waals surface area contributed by atoms with Crippen LogP contribution >= 0.6 is 27.3 Å². The third-order valence-corrected chi connectivity index (χ3v) is 5.57. The summed E-state index contributed by atoms with van der Waals surface area (Å²) in [7, 11) is 0. The minimum Gasteiger partial charge on any atom is -0.356 e. The molecule has 3 aromatic rings. The van der Waals surface area contributed by atoms with Gasteiger partial charge in [-0.05, 0) is 59.5 Å². The fraction of sp³-hybridized carbons (Fsp3) is 0.235. The van der Waals surface area contributed by atoms with Gasteiger partial charge in [-0.3, -0.25) is 4.79 Å². The molecule has 0 aliphatic rings. The molecule has 23 heavy (non-hydrogen) atoms. The minimum atomic E-state index is -0.243. The van der Waals surface area contributed by atoms with Gasteiger partial charge in [0.1, 0.15) is 5.82 Å². The van der Waals surface area contributed by atoms with E-state index in [1.165, 1.54) is 17.4 Å². The first kappa shape index (κ1) is 16.2. The molecule has 3 nitrogen and oxygen atoms in total. The molecule has 0 spiro atoms. The number of benzene rings is 1. The summed E-state index contributed by atoms with van der Waals surface area (Å²) in [6.45, 7) is 4.42. The van der Waals surface area contributed by atoms with Crippen LogP contribution < -0.4 is 5.32 Å². The van der Waals surface area contributed by atoms with E-state index in [1.807, 2.05) is 19.2 Å². The maximum Gasteiger partial charge on any atom is 0.261 e. The lowest BCUT2D eigenvalue weighted by atomic mass is 10.0. The van der Waals surface area contributed by atoms with Gasteiger partial charge >= 0.3 is 0 Å². The number of hydrogen-bond acceptors (Lipinski definition) is 2. The topological polar surface area (TPSA) is 44.9 Å². The standard InChI is InChI=1S/C17H16BrFN2OS/c1-9-3-4-13(19)16-15(9)12(10(2)21-16)5-6-20-17(22)14-7-11(18)8-23-14/h3-4,7-8,21H,5-6H2,1-2H3,(H,20,22). The highest BCUT2D eigenvalue weighted by atomic mass is 79.9. The molecular formula is C17H16BrFN2OS. The lowest BCUT2D eigenvalue weighted by Crippen LogP contribution is -2.25. The summed E-state index contributed by atoms with van der Waals surface area (Å²) < 4.78 is 14.8.